The van der Waals surface area contributed by atoms with E-state index < -0.39 is 0 Å². The minimum Gasteiger partial charge on any atom is -0.381 e. The van der Waals surface area contributed by atoms with E-state index in [2.05, 4.69) is 33.4 Å². The molecule has 0 aliphatic carbocycles. The van der Waals surface area contributed by atoms with Gasteiger partial charge in [0.05, 0.1) is 12.7 Å². The van der Waals surface area contributed by atoms with Crippen LogP contribution in [0.1, 0.15) is 33.6 Å². The van der Waals surface area contributed by atoms with Crippen molar-refractivity contribution in [2.75, 3.05) is 25.6 Å². The van der Waals surface area contributed by atoms with Gasteiger partial charge >= 0.3 is 0 Å². The highest BCUT2D eigenvalue weighted by molar-refractivity contribution is 7.80. The van der Waals surface area contributed by atoms with E-state index in [1.54, 1.807) is 0 Å². The van der Waals surface area contributed by atoms with Gasteiger partial charge in [-0.25, -0.2) is 0 Å². The van der Waals surface area contributed by atoms with Crippen molar-refractivity contribution < 1.29 is 9.47 Å². The van der Waals surface area contributed by atoms with Crippen LogP contribution < -0.4 is 0 Å². The van der Waals surface area contributed by atoms with Crippen molar-refractivity contribution in [1.82, 2.24) is 0 Å². The Morgan fingerprint density at radius 2 is 1.87 bits per heavy atom. The van der Waals surface area contributed by atoms with Crippen molar-refractivity contribution in [2.24, 2.45) is 11.3 Å². The maximum atomic E-state index is 5.93. The molecule has 2 nitrogen and oxygen atoms in total. The Balaban J connectivity index is 2.38. The van der Waals surface area contributed by atoms with Crippen LogP contribution in [0.4, 0.5) is 0 Å². The summed E-state index contributed by atoms with van der Waals surface area (Å²) in [6, 6.07) is 0. The Morgan fingerprint density at radius 3 is 2.33 bits per heavy atom. The third-order valence-corrected chi connectivity index (χ3v) is 4.15. The first kappa shape index (κ1) is 13.3. The highest BCUT2D eigenvalue weighted by atomic mass is 32.1. The molecule has 1 aliphatic rings. The SMILES string of the molecule is CC(C)C(C)OCC1(CS)CCOCC1. The molecular weight excluding hydrogens is 208 g/mol. The van der Waals surface area contributed by atoms with E-state index in [4.69, 9.17) is 9.47 Å². The Kier molecular flexibility index (Phi) is 5.44. The summed E-state index contributed by atoms with van der Waals surface area (Å²) in [5.41, 5.74) is 0.254. The van der Waals surface area contributed by atoms with E-state index in [0.29, 0.717) is 12.0 Å². The summed E-state index contributed by atoms with van der Waals surface area (Å²) in [7, 11) is 0. The molecule has 0 amide bonds. The number of hydrogen-bond donors (Lipinski definition) is 1. The monoisotopic (exact) mass is 232 g/mol. The summed E-state index contributed by atoms with van der Waals surface area (Å²) in [5.74, 6) is 1.49. The standard InChI is InChI=1S/C12H24O2S/c1-10(2)11(3)14-8-12(9-15)4-6-13-7-5-12/h10-11,15H,4-9H2,1-3H3. The molecule has 1 saturated heterocycles. The zero-order valence-electron chi connectivity index (χ0n) is 10.2. The molecule has 1 unspecified atom stereocenters. The predicted octanol–water partition coefficient (Wildman–Crippen LogP) is 2.77. The lowest BCUT2D eigenvalue weighted by Crippen LogP contribution is -2.37. The van der Waals surface area contributed by atoms with Crippen LogP contribution in [-0.4, -0.2) is 31.7 Å². The highest BCUT2D eigenvalue weighted by Gasteiger charge is 2.32. The topological polar surface area (TPSA) is 18.5 Å². The van der Waals surface area contributed by atoms with Crippen LogP contribution in [0.15, 0.2) is 0 Å². The molecule has 0 N–H and O–H groups in total. The molecular formula is C12H24O2S. The Hall–Kier alpha value is 0.270. The lowest BCUT2D eigenvalue weighted by atomic mass is 9.83. The average molecular weight is 232 g/mol. The lowest BCUT2D eigenvalue weighted by Gasteiger charge is -2.36. The van der Waals surface area contributed by atoms with Gasteiger partial charge in [-0.15, -0.1) is 0 Å². The zero-order chi connectivity index (χ0) is 11.3. The molecule has 0 bridgehead atoms. The maximum Gasteiger partial charge on any atom is 0.0570 e. The van der Waals surface area contributed by atoms with Gasteiger partial charge in [0.2, 0.25) is 0 Å². The van der Waals surface area contributed by atoms with Crippen LogP contribution in [0.25, 0.3) is 0 Å². The van der Waals surface area contributed by atoms with E-state index in [-0.39, 0.29) is 5.41 Å². The van der Waals surface area contributed by atoms with E-state index in [1.165, 1.54) is 0 Å². The molecule has 1 rings (SSSR count). The minimum absolute atomic E-state index is 0.254. The summed E-state index contributed by atoms with van der Waals surface area (Å²) >= 11 is 4.47. The molecule has 0 aromatic rings. The molecule has 0 spiro atoms. The average Bonchev–Trinajstić information content (AvgIpc) is 2.27. The maximum absolute atomic E-state index is 5.93. The molecule has 1 atom stereocenters. The first-order valence-corrected chi connectivity index (χ1v) is 6.53. The van der Waals surface area contributed by atoms with Crippen molar-refractivity contribution in [1.29, 1.82) is 0 Å². The lowest BCUT2D eigenvalue weighted by molar-refractivity contribution is -0.0582. The second kappa shape index (κ2) is 6.12. The van der Waals surface area contributed by atoms with Gasteiger partial charge in [0.25, 0.3) is 0 Å². The summed E-state index contributed by atoms with van der Waals surface area (Å²) < 4.78 is 11.3. The van der Waals surface area contributed by atoms with Crippen molar-refractivity contribution >= 4 is 12.6 Å². The smallest absolute Gasteiger partial charge is 0.0570 e. The van der Waals surface area contributed by atoms with Crippen molar-refractivity contribution in [3.05, 3.63) is 0 Å². The number of ether oxygens (including phenoxy) is 2. The molecule has 1 fully saturated rings. The fourth-order valence-corrected chi connectivity index (χ4v) is 2.06. The van der Waals surface area contributed by atoms with E-state index in [9.17, 15) is 0 Å². The third kappa shape index (κ3) is 3.97. The molecule has 3 heteroatoms. The fourth-order valence-electron chi connectivity index (χ4n) is 1.65. The number of hydrogen-bond acceptors (Lipinski definition) is 3. The zero-order valence-corrected chi connectivity index (χ0v) is 11.1. The predicted molar refractivity (Wildman–Crippen MR) is 66.6 cm³/mol. The Labute approximate surface area is 99.1 Å². The van der Waals surface area contributed by atoms with Crippen LogP contribution in [0, 0.1) is 11.3 Å². The largest absolute Gasteiger partial charge is 0.381 e. The van der Waals surface area contributed by atoms with Gasteiger partial charge in [-0.1, -0.05) is 13.8 Å². The van der Waals surface area contributed by atoms with Crippen molar-refractivity contribution in [2.45, 2.75) is 39.7 Å². The molecule has 0 radical (unpaired) electrons. The third-order valence-electron chi connectivity index (χ3n) is 3.48. The van der Waals surface area contributed by atoms with Gasteiger partial charge in [0.1, 0.15) is 0 Å². The number of rotatable bonds is 5. The quantitative estimate of drug-likeness (QED) is 0.735. The van der Waals surface area contributed by atoms with Gasteiger partial charge in [0.15, 0.2) is 0 Å². The summed E-state index contributed by atoms with van der Waals surface area (Å²) in [6.07, 6.45) is 2.51. The van der Waals surface area contributed by atoms with Gasteiger partial charge < -0.3 is 9.47 Å². The van der Waals surface area contributed by atoms with Crippen LogP contribution in [0.2, 0.25) is 0 Å². The molecule has 90 valence electrons. The summed E-state index contributed by atoms with van der Waals surface area (Å²) in [6.45, 7) is 9.10. The van der Waals surface area contributed by atoms with Crippen molar-refractivity contribution in [3.8, 4) is 0 Å². The van der Waals surface area contributed by atoms with Gasteiger partial charge in [0, 0.05) is 18.6 Å². The molecule has 15 heavy (non-hydrogen) atoms. The van der Waals surface area contributed by atoms with Crippen LogP contribution in [-0.2, 0) is 9.47 Å². The Bertz CT molecular complexity index is 176. The molecule has 0 aromatic heterocycles. The molecule has 1 aliphatic heterocycles. The molecule has 0 saturated carbocycles. The second-order valence-electron chi connectivity index (χ2n) is 5.03. The van der Waals surface area contributed by atoms with Gasteiger partial charge in [-0.3, -0.25) is 0 Å². The van der Waals surface area contributed by atoms with Crippen molar-refractivity contribution in [3.63, 3.8) is 0 Å². The summed E-state index contributed by atoms with van der Waals surface area (Å²) in [4.78, 5) is 0. The second-order valence-corrected chi connectivity index (χ2v) is 5.35. The van der Waals surface area contributed by atoms with Gasteiger partial charge in [-0.05, 0) is 31.4 Å². The molecule has 0 aromatic carbocycles. The van der Waals surface area contributed by atoms with Gasteiger partial charge in [-0.2, -0.15) is 12.6 Å². The Morgan fingerprint density at radius 1 is 1.27 bits per heavy atom. The molecule has 1 heterocycles. The van der Waals surface area contributed by atoms with Crippen LogP contribution >= 0.6 is 12.6 Å². The fraction of sp³-hybridized carbons (Fsp3) is 1.00. The van der Waals surface area contributed by atoms with E-state index in [1.807, 2.05) is 0 Å². The van der Waals surface area contributed by atoms with Crippen LogP contribution in [0.3, 0.4) is 0 Å². The van der Waals surface area contributed by atoms with E-state index in [0.717, 1.165) is 38.4 Å². The first-order valence-electron chi connectivity index (χ1n) is 5.90. The van der Waals surface area contributed by atoms with Crippen LogP contribution in [0.5, 0.6) is 0 Å². The number of thiol groups is 1. The first-order chi connectivity index (χ1) is 7.09. The normalized spacial score (nSPS) is 23.0. The summed E-state index contributed by atoms with van der Waals surface area (Å²) in [5, 5.41) is 0. The van der Waals surface area contributed by atoms with E-state index >= 15 is 0 Å². The minimum atomic E-state index is 0.254. The highest BCUT2D eigenvalue weighted by Crippen LogP contribution is 2.32.